The summed E-state index contributed by atoms with van der Waals surface area (Å²) in [6.07, 6.45) is 2.32. The third-order valence-corrected chi connectivity index (χ3v) is 2.65. The molecule has 1 amide bonds. The number of aryl methyl sites for hydroxylation is 1. The minimum atomic E-state index is -0.280. The second-order valence-corrected chi connectivity index (χ2v) is 3.88. The first-order valence-corrected chi connectivity index (χ1v) is 5.70. The van der Waals surface area contributed by atoms with Crippen LogP contribution in [0.4, 0.5) is 0 Å². The van der Waals surface area contributed by atoms with Gasteiger partial charge < -0.3 is 15.0 Å². The molecule has 0 fully saturated rings. The van der Waals surface area contributed by atoms with Crippen molar-refractivity contribution in [2.75, 3.05) is 6.61 Å². The summed E-state index contributed by atoms with van der Waals surface area (Å²) in [6, 6.07) is 7.95. The summed E-state index contributed by atoms with van der Waals surface area (Å²) in [5.41, 5.74) is 6.24. The van der Waals surface area contributed by atoms with Gasteiger partial charge in [0, 0.05) is 30.1 Å². The van der Waals surface area contributed by atoms with Gasteiger partial charge in [-0.1, -0.05) is 0 Å². The molecule has 0 bridgehead atoms. The summed E-state index contributed by atoms with van der Waals surface area (Å²) in [6.45, 7) is 3.24. The van der Waals surface area contributed by atoms with Crippen LogP contribution < -0.4 is 10.5 Å². The summed E-state index contributed by atoms with van der Waals surface area (Å²) < 4.78 is 7.46. The average Bonchev–Trinajstić information content (AvgIpc) is 2.69. The molecular formula is C13H16N2O2. The Morgan fingerprint density at radius 3 is 2.94 bits per heavy atom. The number of primary amides is 1. The molecule has 0 saturated heterocycles. The van der Waals surface area contributed by atoms with Gasteiger partial charge in [-0.2, -0.15) is 0 Å². The van der Waals surface area contributed by atoms with Crippen LogP contribution in [-0.4, -0.2) is 17.1 Å². The van der Waals surface area contributed by atoms with Gasteiger partial charge in [0.15, 0.2) is 0 Å². The molecule has 2 aromatic rings. The van der Waals surface area contributed by atoms with Crippen molar-refractivity contribution >= 4 is 16.8 Å². The highest BCUT2D eigenvalue weighted by Gasteiger charge is 2.03. The van der Waals surface area contributed by atoms with E-state index < -0.39 is 0 Å². The van der Waals surface area contributed by atoms with Crippen molar-refractivity contribution in [2.45, 2.75) is 19.9 Å². The molecule has 2 rings (SSSR count). The van der Waals surface area contributed by atoms with E-state index in [1.807, 2.05) is 42.0 Å². The lowest BCUT2D eigenvalue weighted by Gasteiger charge is -2.05. The van der Waals surface area contributed by atoms with Crippen LogP contribution in [0.15, 0.2) is 30.5 Å². The van der Waals surface area contributed by atoms with Crippen LogP contribution in [0.25, 0.3) is 10.9 Å². The maximum absolute atomic E-state index is 10.8. The second-order valence-electron chi connectivity index (χ2n) is 3.88. The van der Waals surface area contributed by atoms with Gasteiger partial charge in [0.1, 0.15) is 5.75 Å². The Morgan fingerprint density at radius 2 is 2.24 bits per heavy atom. The fraction of sp³-hybridized carbons (Fsp3) is 0.308. The Balaban J connectivity index is 2.25. The summed E-state index contributed by atoms with van der Waals surface area (Å²) in [4.78, 5) is 10.8. The number of rotatable bonds is 5. The number of ether oxygens (including phenoxy) is 1. The fourth-order valence-corrected chi connectivity index (χ4v) is 1.86. The minimum Gasteiger partial charge on any atom is -0.494 e. The second kappa shape index (κ2) is 4.91. The number of carbonyl (C=O) groups excluding carboxylic acids is 1. The van der Waals surface area contributed by atoms with Gasteiger partial charge in [-0.15, -0.1) is 0 Å². The van der Waals surface area contributed by atoms with Gasteiger partial charge in [-0.25, -0.2) is 0 Å². The van der Waals surface area contributed by atoms with Gasteiger partial charge >= 0.3 is 0 Å². The zero-order chi connectivity index (χ0) is 12.3. The van der Waals surface area contributed by atoms with Gasteiger partial charge in [0.25, 0.3) is 0 Å². The third-order valence-electron chi connectivity index (χ3n) is 2.65. The van der Waals surface area contributed by atoms with Gasteiger partial charge in [0.05, 0.1) is 6.61 Å². The lowest BCUT2D eigenvalue weighted by Crippen LogP contribution is -2.13. The summed E-state index contributed by atoms with van der Waals surface area (Å²) >= 11 is 0. The zero-order valence-corrected chi connectivity index (χ0v) is 9.85. The maximum Gasteiger partial charge on any atom is 0.219 e. The molecule has 0 atom stereocenters. The number of carbonyl (C=O) groups is 1. The number of hydrogen-bond donors (Lipinski definition) is 1. The number of fused-ring (bicyclic) bond motifs is 1. The zero-order valence-electron chi connectivity index (χ0n) is 9.85. The number of nitrogens with zero attached hydrogens (tertiary/aromatic N) is 1. The van der Waals surface area contributed by atoms with Crippen LogP contribution in [0.1, 0.15) is 13.3 Å². The van der Waals surface area contributed by atoms with Crippen LogP contribution in [0, 0.1) is 0 Å². The average molecular weight is 232 g/mol. The highest BCUT2D eigenvalue weighted by molar-refractivity contribution is 5.82. The number of hydrogen-bond acceptors (Lipinski definition) is 2. The van der Waals surface area contributed by atoms with Crippen molar-refractivity contribution in [2.24, 2.45) is 5.73 Å². The number of benzene rings is 1. The quantitative estimate of drug-likeness (QED) is 0.856. The van der Waals surface area contributed by atoms with Crippen LogP contribution in [0.2, 0.25) is 0 Å². The molecule has 1 aromatic carbocycles. The topological polar surface area (TPSA) is 57.2 Å². The molecule has 0 aliphatic heterocycles. The molecule has 2 N–H and O–H groups in total. The molecule has 4 nitrogen and oxygen atoms in total. The Labute approximate surface area is 100.0 Å². The Kier molecular flexibility index (Phi) is 3.32. The third kappa shape index (κ3) is 2.58. The van der Waals surface area contributed by atoms with Crippen molar-refractivity contribution in [3.63, 3.8) is 0 Å². The molecule has 0 aliphatic carbocycles. The van der Waals surface area contributed by atoms with E-state index in [1.54, 1.807) is 0 Å². The smallest absolute Gasteiger partial charge is 0.219 e. The molecule has 1 heterocycles. The minimum absolute atomic E-state index is 0.280. The van der Waals surface area contributed by atoms with E-state index in [1.165, 1.54) is 0 Å². The van der Waals surface area contributed by atoms with Crippen LogP contribution in [0.5, 0.6) is 5.75 Å². The Hall–Kier alpha value is -1.97. The predicted octanol–water partition coefficient (Wildman–Crippen LogP) is 1.92. The van der Waals surface area contributed by atoms with Crippen molar-refractivity contribution in [3.05, 3.63) is 30.5 Å². The summed E-state index contributed by atoms with van der Waals surface area (Å²) in [7, 11) is 0. The van der Waals surface area contributed by atoms with Crippen molar-refractivity contribution < 1.29 is 9.53 Å². The lowest BCUT2D eigenvalue weighted by molar-refractivity contribution is -0.118. The molecule has 0 radical (unpaired) electrons. The first-order chi connectivity index (χ1) is 8.20. The fourth-order valence-electron chi connectivity index (χ4n) is 1.86. The summed E-state index contributed by atoms with van der Waals surface area (Å²) in [5, 5.41) is 1.11. The predicted molar refractivity (Wildman–Crippen MR) is 66.9 cm³/mol. The van der Waals surface area contributed by atoms with Crippen molar-refractivity contribution in [1.82, 2.24) is 4.57 Å². The number of aromatic nitrogens is 1. The van der Waals surface area contributed by atoms with E-state index >= 15 is 0 Å². The molecule has 0 unspecified atom stereocenters. The largest absolute Gasteiger partial charge is 0.494 e. The van der Waals surface area contributed by atoms with Crippen LogP contribution >= 0.6 is 0 Å². The van der Waals surface area contributed by atoms with E-state index in [-0.39, 0.29) is 5.91 Å². The molecule has 0 aliphatic rings. The number of nitrogens with two attached hydrogens (primary N) is 1. The van der Waals surface area contributed by atoms with E-state index in [0.29, 0.717) is 19.6 Å². The highest BCUT2D eigenvalue weighted by Crippen LogP contribution is 2.22. The lowest BCUT2D eigenvalue weighted by atomic mass is 10.2. The highest BCUT2D eigenvalue weighted by atomic mass is 16.5. The standard InChI is InChI=1S/C13H16N2O2/c1-2-17-11-3-4-12-10(9-11)5-7-15(12)8-6-13(14)16/h3-5,7,9H,2,6,8H2,1H3,(H2,14,16). The van der Waals surface area contributed by atoms with Gasteiger partial charge in [0.2, 0.25) is 5.91 Å². The van der Waals surface area contributed by atoms with Crippen molar-refractivity contribution in [1.29, 1.82) is 0 Å². The van der Waals surface area contributed by atoms with E-state index in [9.17, 15) is 4.79 Å². The molecule has 0 saturated carbocycles. The van der Waals surface area contributed by atoms with Crippen molar-refractivity contribution in [3.8, 4) is 5.75 Å². The monoisotopic (exact) mass is 232 g/mol. The van der Waals surface area contributed by atoms with Crippen LogP contribution in [-0.2, 0) is 11.3 Å². The van der Waals surface area contributed by atoms with E-state index in [2.05, 4.69) is 0 Å². The number of amides is 1. The molecule has 1 aromatic heterocycles. The maximum atomic E-state index is 10.8. The molecule has 0 spiro atoms. The normalized spacial score (nSPS) is 10.6. The molecular weight excluding hydrogens is 216 g/mol. The van der Waals surface area contributed by atoms with Gasteiger partial charge in [-0.05, 0) is 31.2 Å². The van der Waals surface area contributed by atoms with E-state index in [0.717, 1.165) is 16.7 Å². The molecule has 17 heavy (non-hydrogen) atoms. The van der Waals surface area contributed by atoms with Crippen LogP contribution in [0.3, 0.4) is 0 Å². The Morgan fingerprint density at radius 1 is 1.41 bits per heavy atom. The Bertz CT molecular complexity index is 531. The van der Waals surface area contributed by atoms with Gasteiger partial charge in [-0.3, -0.25) is 4.79 Å². The molecule has 4 heteroatoms. The first-order valence-electron chi connectivity index (χ1n) is 5.70. The first kappa shape index (κ1) is 11.5. The van der Waals surface area contributed by atoms with E-state index in [4.69, 9.17) is 10.5 Å². The summed E-state index contributed by atoms with van der Waals surface area (Å²) in [5.74, 6) is 0.588. The SMILES string of the molecule is CCOc1ccc2c(ccn2CCC(N)=O)c1. The molecule has 90 valence electrons.